The predicted molar refractivity (Wildman–Crippen MR) is 129 cm³/mol. The fourth-order valence-corrected chi connectivity index (χ4v) is 4.67. The average Bonchev–Trinajstić information content (AvgIpc) is 3.21. The van der Waals surface area contributed by atoms with Crippen molar-refractivity contribution < 1.29 is 4.57 Å². The molecule has 0 aliphatic rings. The molecule has 0 aliphatic heterocycles. The van der Waals surface area contributed by atoms with Crippen molar-refractivity contribution in [3.63, 3.8) is 0 Å². The van der Waals surface area contributed by atoms with E-state index in [0.717, 1.165) is 0 Å². The summed E-state index contributed by atoms with van der Waals surface area (Å²) < 4.78 is 2.55. The van der Waals surface area contributed by atoms with Gasteiger partial charge in [-0.1, -0.05) is 111 Å². The van der Waals surface area contributed by atoms with Crippen LogP contribution in [0.3, 0.4) is 0 Å². The zero-order chi connectivity index (χ0) is 21.2. The molecule has 1 aromatic heterocycles. The Kier molecular flexibility index (Phi) is 16.3. The van der Waals surface area contributed by atoms with Crippen molar-refractivity contribution in [3.8, 4) is 0 Å². The number of nitrogens with zero attached hydrogens (tertiary/aromatic N) is 1. The van der Waals surface area contributed by atoms with Gasteiger partial charge >= 0.3 is 0 Å². The standard InChI is InChI=1S/C27H52N2/c1-5-8-10-12-14-15-16-18-20-22-26(7-3)27-28-23-24-29(27)25(4)21-19-17-13-11-9-6-2/h23-26H,5-22H2,1-4H3/p+1. The Morgan fingerprint density at radius 3 is 1.69 bits per heavy atom. The molecule has 0 amide bonds. The maximum atomic E-state index is 3.60. The summed E-state index contributed by atoms with van der Waals surface area (Å²) in [5.41, 5.74) is 0. The van der Waals surface area contributed by atoms with Crippen molar-refractivity contribution >= 4 is 0 Å². The fraction of sp³-hybridized carbons (Fsp3) is 0.889. The van der Waals surface area contributed by atoms with E-state index in [2.05, 4.69) is 49.6 Å². The van der Waals surface area contributed by atoms with Gasteiger partial charge in [-0.05, 0) is 32.6 Å². The highest BCUT2D eigenvalue weighted by atomic mass is 15.1. The molecular formula is C27H53N2+. The smallest absolute Gasteiger partial charge is 0.247 e. The van der Waals surface area contributed by atoms with Crippen LogP contribution in [0.4, 0.5) is 0 Å². The van der Waals surface area contributed by atoms with Crippen LogP contribution in [-0.4, -0.2) is 4.98 Å². The lowest BCUT2D eigenvalue weighted by Crippen LogP contribution is -2.41. The van der Waals surface area contributed by atoms with Crippen molar-refractivity contribution in [2.45, 2.75) is 155 Å². The topological polar surface area (TPSA) is 19.7 Å². The van der Waals surface area contributed by atoms with Crippen LogP contribution in [0.5, 0.6) is 0 Å². The molecule has 0 fully saturated rings. The highest BCUT2D eigenvalue weighted by Crippen LogP contribution is 2.24. The first-order chi connectivity index (χ1) is 14.2. The summed E-state index contributed by atoms with van der Waals surface area (Å²) in [5.74, 6) is 2.17. The molecular weight excluding hydrogens is 352 g/mol. The van der Waals surface area contributed by atoms with Gasteiger partial charge in [-0.15, -0.1) is 0 Å². The van der Waals surface area contributed by atoms with Crippen LogP contribution >= 0.6 is 0 Å². The molecule has 0 radical (unpaired) electrons. The lowest BCUT2D eigenvalue weighted by atomic mass is 9.96. The third-order valence-corrected chi connectivity index (χ3v) is 6.73. The lowest BCUT2D eigenvalue weighted by molar-refractivity contribution is -0.727. The summed E-state index contributed by atoms with van der Waals surface area (Å²) in [6, 6.07) is 0.625. The molecule has 0 aromatic carbocycles. The Bertz CT molecular complexity index is 465. The van der Waals surface area contributed by atoms with Gasteiger partial charge in [0.15, 0.2) is 0 Å². The summed E-state index contributed by atoms with van der Waals surface area (Å²) in [6.07, 6.45) is 29.5. The minimum absolute atomic E-state index is 0.625. The number of H-pyrrole nitrogens is 1. The van der Waals surface area contributed by atoms with Gasteiger partial charge in [0.25, 0.3) is 5.82 Å². The first-order valence-corrected chi connectivity index (χ1v) is 13.3. The maximum absolute atomic E-state index is 3.60. The van der Waals surface area contributed by atoms with Crippen molar-refractivity contribution in [1.82, 2.24) is 4.98 Å². The van der Waals surface area contributed by atoms with E-state index < -0.39 is 0 Å². The molecule has 2 atom stereocenters. The number of hydrogen-bond donors (Lipinski definition) is 1. The molecule has 0 bridgehead atoms. The summed E-state index contributed by atoms with van der Waals surface area (Å²) >= 11 is 0. The van der Waals surface area contributed by atoms with E-state index in [-0.39, 0.29) is 0 Å². The second kappa shape index (κ2) is 18.0. The predicted octanol–water partition coefficient (Wildman–Crippen LogP) is 9.03. The van der Waals surface area contributed by atoms with Gasteiger partial charge in [-0.2, -0.15) is 0 Å². The monoisotopic (exact) mass is 405 g/mol. The van der Waals surface area contributed by atoms with Gasteiger partial charge in [0.2, 0.25) is 0 Å². The van der Waals surface area contributed by atoms with E-state index in [1.54, 1.807) is 0 Å². The number of nitrogens with one attached hydrogen (secondary N) is 1. The molecule has 1 aromatic rings. The van der Waals surface area contributed by atoms with E-state index in [0.29, 0.717) is 12.0 Å². The zero-order valence-corrected chi connectivity index (χ0v) is 20.5. The molecule has 0 saturated carbocycles. The highest BCUT2D eigenvalue weighted by Gasteiger charge is 2.24. The fourth-order valence-electron chi connectivity index (χ4n) is 4.67. The molecule has 2 nitrogen and oxygen atoms in total. The second-order valence-electron chi connectivity index (χ2n) is 9.38. The molecule has 1 rings (SSSR count). The Hall–Kier alpha value is -0.790. The van der Waals surface area contributed by atoms with Gasteiger partial charge < -0.3 is 0 Å². The molecule has 1 N–H and O–H groups in total. The number of aromatic amines is 1. The minimum atomic E-state index is 0.625. The molecule has 170 valence electrons. The van der Waals surface area contributed by atoms with Crippen molar-refractivity contribution in [1.29, 1.82) is 0 Å². The van der Waals surface area contributed by atoms with E-state index in [1.807, 2.05) is 0 Å². The van der Waals surface area contributed by atoms with Crippen molar-refractivity contribution in [2.24, 2.45) is 0 Å². The number of hydrogen-bond acceptors (Lipinski definition) is 0. The molecule has 29 heavy (non-hydrogen) atoms. The molecule has 0 saturated heterocycles. The van der Waals surface area contributed by atoms with Gasteiger partial charge in [0, 0.05) is 0 Å². The van der Waals surface area contributed by atoms with Crippen LogP contribution in [0.1, 0.15) is 161 Å². The molecule has 0 aliphatic carbocycles. The van der Waals surface area contributed by atoms with Crippen LogP contribution in [0.2, 0.25) is 0 Å². The van der Waals surface area contributed by atoms with Gasteiger partial charge in [0.1, 0.15) is 12.4 Å². The Morgan fingerprint density at radius 2 is 1.17 bits per heavy atom. The summed E-state index contributed by atoms with van der Waals surface area (Å²) in [6.45, 7) is 9.37. The Labute approximate surface area is 183 Å². The number of imidazole rings is 1. The van der Waals surface area contributed by atoms with Crippen LogP contribution < -0.4 is 4.57 Å². The molecule has 2 unspecified atom stereocenters. The largest absolute Gasteiger partial charge is 0.257 e. The second-order valence-corrected chi connectivity index (χ2v) is 9.38. The first-order valence-electron chi connectivity index (χ1n) is 13.3. The number of rotatable bonds is 20. The summed E-state index contributed by atoms with van der Waals surface area (Å²) in [7, 11) is 0. The van der Waals surface area contributed by atoms with Gasteiger partial charge in [0.05, 0.1) is 12.0 Å². The number of aromatic nitrogens is 2. The Morgan fingerprint density at radius 1 is 0.690 bits per heavy atom. The lowest BCUT2D eigenvalue weighted by Gasteiger charge is -2.16. The average molecular weight is 406 g/mol. The van der Waals surface area contributed by atoms with E-state index in [4.69, 9.17) is 0 Å². The number of unbranched alkanes of at least 4 members (excludes halogenated alkanes) is 13. The summed E-state index contributed by atoms with van der Waals surface area (Å²) in [4.78, 5) is 3.60. The third-order valence-electron chi connectivity index (χ3n) is 6.73. The van der Waals surface area contributed by atoms with Crippen LogP contribution in [0.25, 0.3) is 0 Å². The molecule has 1 heterocycles. The highest BCUT2D eigenvalue weighted by molar-refractivity contribution is 4.89. The van der Waals surface area contributed by atoms with Crippen molar-refractivity contribution in [3.05, 3.63) is 18.2 Å². The molecule has 2 heteroatoms. The quantitative estimate of drug-likeness (QED) is 0.165. The SMILES string of the molecule is CCCCCCCCCCCC(CC)c1[nH]cc[n+]1C(C)CCCCCCCC. The third kappa shape index (κ3) is 11.8. The van der Waals surface area contributed by atoms with E-state index in [9.17, 15) is 0 Å². The van der Waals surface area contributed by atoms with Crippen LogP contribution in [-0.2, 0) is 0 Å². The minimum Gasteiger partial charge on any atom is -0.247 e. The van der Waals surface area contributed by atoms with Gasteiger partial charge in [-0.3, -0.25) is 0 Å². The molecule has 0 spiro atoms. The maximum Gasteiger partial charge on any atom is 0.257 e. The van der Waals surface area contributed by atoms with E-state index >= 15 is 0 Å². The first kappa shape index (κ1) is 26.2. The van der Waals surface area contributed by atoms with Crippen LogP contribution in [0, 0.1) is 0 Å². The van der Waals surface area contributed by atoms with E-state index in [1.165, 1.54) is 121 Å². The summed E-state index contributed by atoms with van der Waals surface area (Å²) in [5, 5.41) is 0. The Balaban J connectivity index is 2.27. The van der Waals surface area contributed by atoms with Crippen LogP contribution in [0.15, 0.2) is 12.4 Å². The normalized spacial score (nSPS) is 13.7. The van der Waals surface area contributed by atoms with Gasteiger partial charge in [-0.25, -0.2) is 9.55 Å². The zero-order valence-electron chi connectivity index (χ0n) is 20.5. The van der Waals surface area contributed by atoms with Crippen molar-refractivity contribution in [2.75, 3.05) is 0 Å².